The molecule has 1 spiro atoms. The number of ketones is 2. The van der Waals surface area contributed by atoms with Crippen molar-refractivity contribution in [2.75, 3.05) is 19.5 Å². The molecule has 0 bridgehead atoms. The maximum atomic E-state index is 14.4. The number of carbonyl (C=O) groups is 2. The summed E-state index contributed by atoms with van der Waals surface area (Å²) in [6.07, 6.45) is 1.95. The van der Waals surface area contributed by atoms with Gasteiger partial charge in [0.15, 0.2) is 5.75 Å². The van der Waals surface area contributed by atoms with Gasteiger partial charge in [-0.15, -0.1) is 10.2 Å². The van der Waals surface area contributed by atoms with Crippen LogP contribution in [-0.4, -0.2) is 46.2 Å². The summed E-state index contributed by atoms with van der Waals surface area (Å²) in [4.78, 5) is 28.5. The molecule has 0 fully saturated rings. The molecule has 0 unspecified atom stereocenters. The molecule has 3 aromatic rings. The number of nitrogens with one attached hydrogen (secondary N) is 1. The van der Waals surface area contributed by atoms with Crippen molar-refractivity contribution < 1.29 is 23.8 Å². The van der Waals surface area contributed by atoms with Crippen LogP contribution >= 0.6 is 11.6 Å². The van der Waals surface area contributed by atoms with Crippen LogP contribution in [0.15, 0.2) is 54.0 Å². The van der Waals surface area contributed by atoms with E-state index in [9.17, 15) is 9.59 Å². The lowest BCUT2D eigenvalue weighted by molar-refractivity contribution is -0.130. The van der Waals surface area contributed by atoms with E-state index in [-0.39, 0.29) is 22.1 Å². The first-order valence-electron chi connectivity index (χ1n) is 11.1. The van der Waals surface area contributed by atoms with E-state index in [0.29, 0.717) is 29.4 Å². The number of ether oxygens (including phenoxy) is 3. The van der Waals surface area contributed by atoms with Crippen molar-refractivity contribution in [3.63, 3.8) is 0 Å². The van der Waals surface area contributed by atoms with Gasteiger partial charge in [-0.25, -0.2) is 0 Å². The number of halogens is 1. The smallest absolute Gasteiger partial charge is 0.236 e. The highest BCUT2D eigenvalue weighted by Crippen LogP contribution is 2.55. The molecule has 3 aliphatic rings. The van der Waals surface area contributed by atoms with Crippen LogP contribution in [0.2, 0.25) is 5.02 Å². The standard InChI is InChI=1S/C25H21ClN4O5/c1-12-9-14-17(20(13-7-5-4-6-8-13)30-11-27-29-24(30)28-14)22(31)25(12)23(32)18-15(33-2)10-16(34-3)19(26)21(18)35-25/h4-8,10-12,20H,9H2,1-3H3,(H,28,29)/t12-,20-,25+/m1/s1. The average molecular weight is 493 g/mol. The molecule has 0 saturated heterocycles. The first-order valence-corrected chi connectivity index (χ1v) is 11.5. The maximum Gasteiger partial charge on any atom is 0.236 e. The molecule has 1 aromatic heterocycles. The summed E-state index contributed by atoms with van der Waals surface area (Å²) >= 11 is 6.55. The highest BCUT2D eigenvalue weighted by molar-refractivity contribution is 6.36. The number of carbonyl (C=O) groups excluding carboxylic acids is 2. The van der Waals surface area contributed by atoms with Crippen LogP contribution in [0.3, 0.4) is 0 Å². The molecular formula is C25H21ClN4O5. The largest absolute Gasteiger partial charge is 0.496 e. The van der Waals surface area contributed by atoms with Gasteiger partial charge in [0.05, 0.1) is 20.3 Å². The van der Waals surface area contributed by atoms with Crippen LogP contribution in [0, 0.1) is 5.92 Å². The topological polar surface area (TPSA) is 105 Å². The molecule has 178 valence electrons. The number of hydrogen-bond donors (Lipinski definition) is 1. The fourth-order valence-electron chi connectivity index (χ4n) is 5.36. The average Bonchev–Trinajstić information content (AvgIpc) is 3.46. The summed E-state index contributed by atoms with van der Waals surface area (Å²) in [6.45, 7) is 1.82. The third-order valence-electron chi connectivity index (χ3n) is 7.03. The maximum absolute atomic E-state index is 14.4. The van der Waals surface area contributed by atoms with E-state index in [2.05, 4.69) is 15.5 Å². The number of anilines is 1. The molecule has 10 heteroatoms. The third kappa shape index (κ3) is 2.75. The summed E-state index contributed by atoms with van der Waals surface area (Å²) < 4.78 is 18.9. The van der Waals surface area contributed by atoms with Gasteiger partial charge in [0, 0.05) is 23.3 Å². The van der Waals surface area contributed by atoms with E-state index >= 15 is 0 Å². The third-order valence-corrected chi connectivity index (χ3v) is 7.39. The van der Waals surface area contributed by atoms with Crippen molar-refractivity contribution in [3.8, 4) is 17.2 Å². The molecule has 9 nitrogen and oxygen atoms in total. The first kappa shape index (κ1) is 21.7. The first-order chi connectivity index (χ1) is 16.9. The summed E-state index contributed by atoms with van der Waals surface area (Å²) in [7, 11) is 2.90. The highest BCUT2D eigenvalue weighted by atomic mass is 35.5. The Morgan fingerprint density at radius 2 is 1.89 bits per heavy atom. The zero-order valence-electron chi connectivity index (χ0n) is 19.2. The summed E-state index contributed by atoms with van der Waals surface area (Å²) in [5.41, 5.74) is 0.355. The minimum absolute atomic E-state index is 0.0992. The van der Waals surface area contributed by atoms with Crippen molar-refractivity contribution in [3.05, 3.63) is 70.1 Å². The van der Waals surface area contributed by atoms with Crippen molar-refractivity contribution in [1.29, 1.82) is 0 Å². The molecule has 1 aliphatic carbocycles. The number of Topliss-reactive ketones (excluding diaryl/α,β-unsaturated/α-hetero) is 2. The van der Waals surface area contributed by atoms with Crippen molar-refractivity contribution >= 4 is 29.1 Å². The SMILES string of the molecule is COc1cc(OC)c2c(c1Cl)O[C@@]1(C(=O)C3=C(C[C@H]1C)Nc1nncn1[C@@H]3c1ccccc1)C2=O. The van der Waals surface area contributed by atoms with Crippen LogP contribution in [0.4, 0.5) is 5.95 Å². The van der Waals surface area contributed by atoms with Gasteiger partial charge in [-0.1, -0.05) is 48.9 Å². The zero-order valence-corrected chi connectivity index (χ0v) is 19.9. The van der Waals surface area contributed by atoms with Crippen LogP contribution in [0.1, 0.15) is 35.3 Å². The Hall–Kier alpha value is -3.85. The molecule has 0 saturated carbocycles. The zero-order chi connectivity index (χ0) is 24.5. The number of hydrogen-bond acceptors (Lipinski definition) is 8. The van der Waals surface area contributed by atoms with Crippen LogP contribution < -0.4 is 19.5 Å². The van der Waals surface area contributed by atoms with Crippen molar-refractivity contribution in [2.24, 2.45) is 5.92 Å². The number of nitrogens with zero attached hydrogens (tertiary/aromatic N) is 3. The summed E-state index contributed by atoms with van der Waals surface area (Å²) in [5, 5.41) is 11.6. The second-order valence-electron chi connectivity index (χ2n) is 8.79. The lowest BCUT2D eigenvalue weighted by Crippen LogP contribution is -2.58. The monoisotopic (exact) mass is 492 g/mol. The molecule has 0 amide bonds. The number of methoxy groups -OCH3 is 2. The van der Waals surface area contributed by atoms with Crippen molar-refractivity contribution in [1.82, 2.24) is 14.8 Å². The van der Waals surface area contributed by atoms with Gasteiger partial charge in [0.1, 0.15) is 28.4 Å². The van der Waals surface area contributed by atoms with E-state index in [1.54, 1.807) is 10.9 Å². The molecular weight excluding hydrogens is 472 g/mol. The fourth-order valence-corrected chi connectivity index (χ4v) is 5.63. The summed E-state index contributed by atoms with van der Waals surface area (Å²) in [5.74, 6) is -0.237. The Labute approximate surface area is 205 Å². The molecule has 2 aromatic carbocycles. The van der Waals surface area contributed by atoms with Gasteiger partial charge in [0.2, 0.25) is 23.1 Å². The quantitative estimate of drug-likeness (QED) is 0.550. The van der Waals surface area contributed by atoms with Crippen LogP contribution in [-0.2, 0) is 4.79 Å². The molecule has 35 heavy (non-hydrogen) atoms. The molecule has 3 atom stereocenters. The molecule has 1 N–H and O–H groups in total. The molecule has 3 heterocycles. The van der Waals surface area contributed by atoms with Crippen LogP contribution in [0.25, 0.3) is 0 Å². The van der Waals surface area contributed by atoms with E-state index in [0.717, 1.165) is 5.56 Å². The lowest BCUT2D eigenvalue weighted by atomic mass is 9.68. The highest BCUT2D eigenvalue weighted by Gasteiger charge is 2.63. The Morgan fingerprint density at radius 1 is 1.14 bits per heavy atom. The number of rotatable bonds is 3. The van der Waals surface area contributed by atoms with Gasteiger partial charge in [-0.3, -0.25) is 14.2 Å². The normalized spacial score (nSPS) is 24.5. The van der Waals surface area contributed by atoms with E-state index in [1.165, 1.54) is 20.3 Å². The van der Waals surface area contributed by atoms with E-state index < -0.39 is 29.1 Å². The predicted molar refractivity (Wildman–Crippen MR) is 126 cm³/mol. The van der Waals surface area contributed by atoms with Crippen molar-refractivity contribution in [2.45, 2.75) is 25.0 Å². The number of aromatic nitrogens is 3. The minimum atomic E-state index is -1.79. The second kappa shape index (κ2) is 7.58. The predicted octanol–water partition coefficient (Wildman–Crippen LogP) is 3.84. The Bertz CT molecular complexity index is 1430. The lowest BCUT2D eigenvalue weighted by Gasteiger charge is -2.42. The molecule has 6 rings (SSSR count). The van der Waals surface area contributed by atoms with E-state index in [1.807, 2.05) is 37.3 Å². The van der Waals surface area contributed by atoms with Crippen LogP contribution in [0.5, 0.6) is 17.2 Å². The minimum Gasteiger partial charge on any atom is -0.496 e. The Balaban J connectivity index is 1.54. The molecule has 2 aliphatic heterocycles. The van der Waals surface area contributed by atoms with E-state index in [4.69, 9.17) is 25.8 Å². The fraction of sp³-hybridized carbons (Fsp3) is 0.280. The van der Waals surface area contributed by atoms with Gasteiger partial charge in [-0.2, -0.15) is 0 Å². The van der Waals surface area contributed by atoms with Gasteiger partial charge in [0.25, 0.3) is 0 Å². The Kier molecular flexibility index (Phi) is 4.69. The number of benzene rings is 2. The number of allylic oxidation sites excluding steroid dienone is 1. The van der Waals surface area contributed by atoms with Gasteiger partial charge < -0.3 is 19.5 Å². The summed E-state index contributed by atoms with van der Waals surface area (Å²) in [6, 6.07) is 10.6. The second-order valence-corrected chi connectivity index (χ2v) is 9.17. The van der Waals surface area contributed by atoms with Gasteiger partial charge >= 0.3 is 0 Å². The number of fused-ring (bicyclic) bond motifs is 2. The molecule has 0 radical (unpaired) electrons. The Morgan fingerprint density at radius 3 is 2.60 bits per heavy atom. The van der Waals surface area contributed by atoms with Gasteiger partial charge in [-0.05, 0) is 12.0 Å².